The van der Waals surface area contributed by atoms with Gasteiger partial charge in [-0.3, -0.25) is 0 Å². The lowest BCUT2D eigenvalue weighted by atomic mass is 9.97. The third-order valence-electron chi connectivity index (χ3n) is 10.1. The van der Waals surface area contributed by atoms with E-state index in [0.717, 1.165) is 0 Å². The molecule has 0 aliphatic heterocycles. The fourth-order valence-corrected chi connectivity index (χ4v) is 6.91. The van der Waals surface area contributed by atoms with Crippen LogP contribution in [0, 0.1) is 0 Å². The molecule has 0 aromatic rings. The third kappa shape index (κ3) is 39.3. The molecule has 0 radical (unpaired) electrons. The van der Waals surface area contributed by atoms with Crippen molar-refractivity contribution in [3.63, 3.8) is 0 Å². The van der Waals surface area contributed by atoms with Crippen LogP contribution in [0.15, 0.2) is 37.0 Å². The van der Waals surface area contributed by atoms with Gasteiger partial charge in [0.1, 0.15) is 0 Å². The summed E-state index contributed by atoms with van der Waals surface area (Å²) in [5.74, 6) is 0. The van der Waals surface area contributed by atoms with Crippen molar-refractivity contribution >= 4 is 0 Å². The van der Waals surface area contributed by atoms with Crippen LogP contribution in [-0.2, 0) is 0 Å². The molecule has 0 aromatic heterocycles. The van der Waals surface area contributed by atoms with E-state index < -0.39 is 0 Å². The van der Waals surface area contributed by atoms with Crippen LogP contribution in [0.3, 0.4) is 0 Å². The van der Waals surface area contributed by atoms with E-state index in [9.17, 15) is 0 Å². The van der Waals surface area contributed by atoms with E-state index >= 15 is 0 Å². The van der Waals surface area contributed by atoms with E-state index in [4.69, 9.17) is 0 Å². The summed E-state index contributed by atoms with van der Waals surface area (Å²) in [4.78, 5) is 0. The van der Waals surface area contributed by atoms with Crippen molar-refractivity contribution in [2.75, 3.05) is 0 Å². The molecule has 0 aliphatic carbocycles. The Morgan fingerprint density at radius 2 is 0.556 bits per heavy atom. The lowest BCUT2D eigenvalue weighted by Gasteiger charge is -2.09. The first-order valence-corrected chi connectivity index (χ1v) is 21.2. The van der Waals surface area contributed by atoms with Crippen molar-refractivity contribution in [2.45, 2.75) is 251 Å². The normalized spacial score (nSPS) is 11.8. The van der Waals surface area contributed by atoms with Gasteiger partial charge >= 0.3 is 0 Å². The molecule has 0 saturated heterocycles. The second-order valence-corrected chi connectivity index (χ2v) is 14.6. The maximum atomic E-state index is 3.83. The van der Waals surface area contributed by atoms with E-state index in [-0.39, 0.29) is 0 Å². The highest BCUT2D eigenvalue weighted by Crippen LogP contribution is 2.21. The Morgan fingerprint density at radius 3 is 0.844 bits per heavy atom. The van der Waals surface area contributed by atoms with Gasteiger partial charge in [0.25, 0.3) is 0 Å². The van der Waals surface area contributed by atoms with Gasteiger partial charge in [0.05, 0.1) is 0 Å². The Morgan fingerprint density at radius 1 is 0.311 bits per heavy atom. The summed E-state index contributed by atoms with van der Waals surface area (Å²) in [6, 6.07) is 0. The van der Waals surface area contributed by atoms with Gasteiger partial charge in [-0.25, -0.2) is 0 Å². The molecule has 0 aliphatic rings. The number of unbranched alkanes of at least 4 members (excludes halogenated alkanes) is 33. The predicted octanol–water partition coefficient (Wildman–Crippen LogP) is 17.1. The first kappa shape index (κ1) is 44.2. The summed E-state index contributed by atoms with van der Waals surface area (Å²) in [5, 5.41) is 0. The second-order valence-electron chi connectivity index (χ2n) is 14.6. The molecule has 0 saturated carbocycles. The van der Waals surface area contributed by atoms with Crippen LogP contribution in [-0.4, -0.2) is 0 Å². The van der Waals surface area contributed by atoms with Crippen LogP contribution < -0.4 is 0 Å². The Kier molecular flexibility index (Phi) is 40.5. The van der Waals surface area contributed by atoms with Gasteiger partial charge in [0.15, 0.2) is 0 Å². The minimum atomic E-state index is 1.20. The molecule has 0 bridgehead atoms. The zero-order valence-electron chi connectivity index (χ0n) is 31.5. The van der Waals surface area contributed by atoms with Gasteiger partial charge in [-0.15, -0.1) is 13.2 Å². The minimum Gasteiger partial charge on any atom is -0.103 e. The molecular weight excluding hydrogens is 540 g/mol. The van der Waals surface area contributed by atoms with Crippen LogP contribution in [0.5, 0.6) is 0 Å². The zero-order valence-corrected chi connectivity index (χ0v) is 31.5. The van der Waals surface area contributed by atoms with E-state index in [1.54, 1.807) is 0 Å². The molecule has 45 heavy (non-hydrogen) atoms. The van der Waals surface area contributed by atoms with Gasteiger partial charge < -0.3 is 0 Å². The van der Waals surface area contributed by atoms with Crippen LogP contribution in [0.25, 0.3) is 0 Å². The van der Waals surface area contributed by atoms with E-state index in [2.05, 4.69) is 38.3 Å². The Balaban J connectivity index is 3.98. The monoisotopic (exact) mass is 627 g/mol. The quantitative estimate of drug-likeness (QED) is 0.0469. The Labute approximate surface area is 287 Å². The van der Waals surface area contributed by atoms with Gasteiger partial charge in [-0.1, -0.05) is 211 Å². The molecule has 0 heterocycles. The summed E-state index contributed by atoms with van der Waals surface area (Å²) in [5.41, 5.74) is 1.82. The molecule has 0 heteroatoms. The fourth-order valence-electron chi connectivity index (χ4n) is 6.91. The maximum Gasteiger partial charge on any atom is -0.0320 e. The highest BCUT2D eigenvalue weighted by molar-refractivity contribution is 5.02. The predicted molar refractivity (Wildman–Crippen MR) is 210 cm³/mol. The van der Waals surface area contributed by atoms with Crippen molar-refractivity contribution in [1.29, 1.82) is 0 Å². The molecule has 0 nitrogen and oxygen atoms in total. The van der Waals surface area contributed by atoms with E-state index in [1.807, 2.05) is 5.57 Å². The van der Waals surface area contributed by atoms with Gasteiger partial charge in [-0.05, 0) is 64.2 Å². The highest BCUT2D eigenvalue weighted by Gasteiger charge is 2.01. The molecule has 0 fully saturated rings. The topological polar surface area (TPSA) is 0 Å². The lowest BCUT2D eigenvalue weighted by molar-refractivity contribution is 0.536. The summed E-state index contributed by atoms with van der Waals surface area (Å²) >= 11 is 0. The van der Waals surface area contributed by atoms with Gasteiger partial charge in [0, 0.05) is 0 Å². The Bertz CT molecular complexity index is 583. The second kappa shape index (κ2) is 41.2. The van der Waals surface area contributed by atoms with Crippen molar-refractivity contribution in [3.8, 4) is 0 Å². The molecule has 0 atom stereocenters. The molecule has 0 amide bonds. The summed E-state index contributed by atoms with van der Waals surface area (Å²) in [7, 11) is 0. The lowest BCUT2D eigenvalue weighted by Crippen LogP contribution is -1.89. The minimum absolute atomic E-state index is 1.20. The number of rotatable bonds is 40. The number of hydrogen-bond donors (Lipinski definition) is 0. The van der Waals surface area contributed by atoms with Crippen LogP contribution in [0.2, 0.25) is 0 Å². The van der Waals surface area contributed by atoms with Crippen molar-refractivity contribution in [1.82, 2.24) is 0 Å². The number of allylic oxidation sites excluding steroid dienone is 4. The third-order valence-corrected chi connectivity index (χ3v) is 10.1. The van der Waals surface area contributed by atoms with Crippen LogP contribution in [0.1, 0.15) is 251 Å². The SMILES string of the molecule is C=CCCCCCCCCCCCCCCC(=CCCCCCCCCCCCC)CCCCCCCCCCCCCC=C. The van der Waals surface area contributed by atoms with Gasteiger partial charge in [0.2, 0.25) is 0 Å². The standard InChI is InChI=1S/C45H86/c1-4-7-10-13-16-19-22-24-26-29-32-35-38-41-44-45(42-39-36-33-30-27-21-18-15-12-9-6-3)43-40-37-34-31-28-25-23-20-17-14-11-8-5-2/h4-5,42H,1-2,6-41,43-44H2,3H3. The summed E-state index contributed by atoms with van der Waals surface area (Å²) in [6.07, 6.45) is 60.9. The van der Waals surface area contributed by atoms with E-state index in [1.165, 1.54) is 244 Å². The maximum absolute atomic E-state index is 3.83. The average Bonchev–Trinajstić information content (AvgIpc) is 3.05. The average molecular weight is 627 g/mol. The zero-order chi connectivity index (χ0) is 32.6. The first-order valence-electron chi connectivity index (χ1n) is 21.2. The number of hydrogen-bond acceptors (Lipinski definition) is 0. The molecule has 0 aromatic carbocycles. The molecule has 0 N–H and O–H groups in total. The summed E-state index contributed by atoms with van der Waals surface area (Å²) in [6.45, 7) is 9.97. The van der Waals surface area contributed by atoms with Crippen molar-refractivity contribution in [2.24, 2.45) is 0 Å². The van der Waals surface area contributed by atoms with Crippen molar-refractivity contribution in [3.05, 3.63) is 37.0 Å². The fraction of sp³-hybridized carbons (Fsp3) is 0.867. The summed E-state index contributed by atoms with van der Waals surface area (Å²) < 4.78 is 0. The molecule has 266 valence electrons. The first-order chi connectivity index (χ1) is 22.3. The largest absolute Gasteiger partial charge is 0.103 e. The highest BCUT2D eigenvalue weighted by atomic mass is 14.1. The van der Waals surface area contributed by atoms with Crippen LogP contribution >= 0.6 is 0 Å². The van der Waals surface area contributed by atoms with Crippen LogP contribution in [0.4, 0.5) is 0 Å². The van der Waals surface area contributed by atoms with Crippen molar-refractivity contribution < 1.29 is 0 Å². The molecular formula is C45H86. The van der Waals surface area contributed by atoms with E-state index in [0.29, 0.717) is 0 Å². The molecule has 0 spiro atoms. The molecule has 0 unspecified atom stereocenters. The Hall–Kier alpha value is -0.780. The molecule has 0 rings (SSSR count). The smallest absolute Gasteiger partial charge is 0.0320 e. The van der Waals surface area contributed by atoms with Gasteiger partial charge in [-0.2, -0.15) is 0 Å².